The van der Waals surface area contributed by atoms with Gasteiger partial charge < -0.3 is 5.73 Å². The van der Waals surface area contributed by atoms with Crippen molar-refractivity contribution in [3.05, 3.63) is 11.1 Å². The second kappa shape index (κ2) is 7.31. The monoisotopic (exact) mass is 289 g/mol. The summed E-state index contributed by atoms with van der Waals surface area (Å²) < 4.78 is 0. The molecule has 1 saturated heterocycles. The number of nitrogen functional groups attached to an aromatic ring is 1. The molecule has 0 amide bonds. The van der Waals surface area contributed by atoms with Crippen LogP contribution in [0.5, 0.6) is 0 Å². The van der Waals surface area contributed by atoms with Gasteiger partial charge in [0.25, 0.3) is 0 Å². The topological polar surface area (TPSA) is 42.2 Å². The summed E-state index contributed by atoms with van der Waals surface area (Å²) in [4.78, 5) is 8.06. The predicted octanol–water partition coefficient (Wildman–Crippen LogP) is 3.55. The first kappa shape index (κ1) is 15.7. The third kappa shape index (κ3) is 4.41. The molecule has 1 aliphatic heterocycles. The Morgan fingerprint density at radius 3 is 2.89 bits per heavy atom. The van der Waals surface area contributed by atoms with Gasteiger partial charge in [-0.25, -0.2) is 4.98 Å². The van der Waals surface area contributed by atoms with Gasteiger partial charge in [-0.1, -0.05) is 20.3 Å². The maximum absolute atomic E-state index is 5.69. The zero-order valence-corrected chi connectivity index (χ0v) is 12.9. The number of nitrogens with two attached hydrogens (primary N) is 1. The normalized spacial score (nSPS) is 20.9. The van der Waals surface area contributed by atoms with Crippen LogP contribution in [0.2, 0.25) is 0 Å². The molecule has 0 bridgehead atoms. The second-order valence-electron chi connectivity index (χ2n) is 5.41. The number of nitrogens with zero attached hydrogens (tertiary/aromatic N) is 2. The van der Waals surface area contributed by atoms with Gasteiger partial charge in [-0.3, -0.25) is 4.90 Å². The van der Waals surface area contributed by atoms with Gasteiger partial charge in [-0.2, -0.15) is 0 Å². The van der Waals surface area contributed by atoms with Crippen molar-refractivity contribution in [3.63, 3.8) is 0 Å². The van der Waals surface area contributed by atoms with Crippen molar-refractivity contribution >= 4 is 28.9 Å². The fourth-order valence-corrected chi connectivity index (χ4v) is 3.38. The maximum Gasteiger partial charge on any atom is 0.180 e. The highest BCUT2D eigenvalue weighted by molar-refractivity contribution is 7.15. The van der Waals surface area contributed by atoms with E-state index < -0.39 is 0 Å². The lowest BCUT2D eigenvalue weighted by Gasteiger charge is -2.36. The standard InChI is InChI=1S/C13H23N3S.ClH/c1-10(2)7-11-5-3-4-6-16(11)9-12-8-15-13(14)17-12;/h8,10-11H,3-7,9H2,1-2H3,(H2,14,15);1H. The Bertz CT molecular complexity index is 354. The number of thiazole rings is 1. The molecule has 5 heteroatoms. The van der Waals surface area contributed by atoms with Crippen LogP contribution in [0, 0.1) is 5.92 Å². The zero-order chi connectivity index (χ0) is 12.3. The zero-order valence-electron chi connectivity index (χ0n) is 11.3. The van der Waals surface area contributed by atoms with Crippen LogP contribution >= 0.6 is 23.7 Å². The SMILES string of the molecule is CC(C)CC1CCCCN1Cc1cnc(N)s1.Cl. The van der Waals surface area contributed by atoms with E-state index in [0.29, 0.717) is 5.13 Å². The van der Waals surface area contributed by atoms with Gasteiger partial charge in [0.05, 0.1) is 0 Å². The smallest absolute Gasteiger partial charge is 0.180 e. The lowest BCUT2D eigenvalue weighted by atomic mass is 9.94. The molecule has 1 aromatic rings. The van der Waals surface area contributed by atoms with Gasteiger partial charge in [0.15, 0.2) is 5.13 Å². The van der Waals surface area contributed by atoms with Gasteiger partial charge in [0.2, 0.25) is 0 Å². The first-order chi connectivity index (χ1) is 8.15. The number of aromatic nitrogens is 1. The minimum atomic E-state index is 0. The molecule has 2 heterocycles. The molecule has 18 heavy (non-hydrogen) atoms. The molecule has 1 aromatic heterocycles. The minimum absolute atomic E-state index is 0. The van der Waals surface area contributed by atoms with E-state index >= 15 is 0 Å². The van der Waals surface area contributed by atoms with Crippen LogP contribution in [0.3, 0.4) is 0 Å². The van der Waals surface area contributed by atoms with E-state index in [1.807, 2.05) is 6.20 Å². The van der Waals surface area contributed by atoms with Crippen LogP contribution < -0.4 is 5.73 Å². The number of likely N-dealkylation sites (tertiary alicyclic amines) is 1. The number of halogens is 1. The molecule has 1 unspecified atom stereocenters. The lowest BCUT2D eigenvalue weighted by Crippen LogP contribution is -2.39. The largest absolute Gasteiger partial charge is 0.375 e. The van der Waals surface area contributed by atoms with Crippen molar-refractivity contribution in [2.45, 2.75) is 52.1 Å². The Labute approximate surface area is 120 Å². The molecule has 0 saturated carbocycles. The van der Waals surface area contributed by atoms with Gasteiger partial charge >= 0.3 is 0 Å². The Morgan fingerprint density at radius 2 is 2.28 bits per heavy atom. The molecule has 3 nitrogen and oxygen atoms in total. The Balaban J connectivity index is 0.00000162. The van der Waals surface area contributed by atoms with E-state index in [-0.39, 0.29) is 12.4 Å². The quantitative estimate of drug-likeness (QED) is 0.922. The molecule has 0 radical (unpaired) electrons. The van der Waals surface area contributed by atoms with Crippen LogP contribution in [-0.2, 0) is 6.54 Å². The number of rotatable bonds is 4. The summed E-state index contributed by atoms with van der Waals surface area (Å²) >= 11 is 1.63. The summed E-state index contributed by atoms with van der Waals surface area (Å²) in [5.74, 6) is 0.784. The van der Waals surface area contributed by atoms with Gasteiger partial charge in [-0.15, -0.1) is 23.7 Å². The first-order valence-electron chi connectivity index (χ1n) is 6.59. The van der Waals surface area contributed by atoms with Crippen LogP contribution in [-0.4, -0.2) is 22.5 Å². The van der Waals surface area contributed by atoms with Crippen molar-refractivity contribution in [1.82, 2.24) is 9.88 Å². The molecule has 1 atom stereocenters. The number of hydrogen-bond acceptors (Lipinski definition) is 4. The van der Waals surface area contributed by atoms with Crippen molar-refractivity contribution in [2.75, 3.05) is 12.3 Å². The maximum atomic E-state index is 5.69. The molecule has 1 fully saturated rings. The first-order valence-corrected chi connectivity index (χ1v) is 7.41. The van der Waals surface area contributed by atoms with Crippen molar-refractivity contribution < 1.29 is 0 Å². The van der Waals surface area contributed by atoms with Gasteiger partial charge in [-0.05, 0) is 31.7 Å². The molecule has 2 rings (SSSR count). The van der Waals surface area contributed by atoms with Crippen LogP contribution in [0.4, 0.5) is 5.13 Å². The van der Waals surface area contributed by atoms with Gasteiger partial charge in [0, 0.05) is 23.7 Å². The van der Waals surface area contributed by atoms with Crippen LogP contribution in [0.15, 0.2) is 6.20 Å². The average Bonchev–Trinajstić information content (AvgIpc) is 2.66. The molecular formula is C13H24ClN3S. The van der Waals surface area contributed by atoms with E-state index in [1.165, 1.54) is 37.1 Å². The fourth-order valence-electron chi connectivity index (χ4n) is 2.68. The minimum Gasteiger partial charge on any atom is -0.375 e. The van der Waals surface area contributed by atoms with E-state index in [4.69, 9.17) is 5.73 Å². The lowest BCUT2D eigenvalue weighted by molar-refractivity contribution is 0.123. The molecule has 2 N–H and O–H groups in total. The molecule has 0 spiro atoms. The van der Waals surface area contributed by atoms with E-state index in [2.05, 4.69) is 23.7 Å². The van der Waals surface area contributed by atoms with Gasteiger partial charge in [0.1, 0.15) is 0 Å². The van der Waals surface area contributed by atoms with Crippen LogP contribution in [0.1, 0.15) is 44.4 Å². The summed E-state index contributed by atoms with van der Waals surface area (Å²) in [7, 11) is 0. The fraction of sp³-hybridized carbons (Fsp3) is 0.769. The molecular weight excluding hydrogens is 266 g/mol. The number of hydrogen-bond donors (Lipinski definition) is 1. The highest BCUT2D eigenvalue weighted by atomic mass is 35.5. The predicted molar refractivity (Wildman–Crippen MR) is 81.3 cm³/mol. The summed E-state index contributed by atoms with van der Waals surface area (Å²) in [5.41, 5.74) is 5.69. The Hall–Kier alpha value is -0.320. The molecule has 0 aliphatic carbocycles. The Kier molecular flexibility index (Phi) is 6.39. The van der Waals surface area contributed by atoms with Crippen LogP contribution in [0.25, 0.3) is 0 Å². The summed E-state index contributed by atoms with van der Waals surface area (Å²) in [5, 5.41) is 0.692. The number of piperidine rings is 1. The van der Waals surface area contributed by atoms with E-state index in [1.54, 1.807) is 11.3 Å². The molecule has 0 aromatic carbocycles. The van der Waals surface area contributed by atoms with E-state index in [0.717, 1.165) is 18.5 Å². The van der Waals surface area contributed by atoms with Crippen molar-refractivity contribution in [1.29, 1.82) is 0 Å². The third-order valence-electron chi connectivity index (χ3n) is 3.42. The number of anilines is 1. The summed E-state index contributed by atoms with van der Waals surface area (Å²) in [6.45, 7) is 6.90. The van der Waals surface area contributed by atoms with Crippen molar-refractivity contribution in [2.24, 2.45) is 5.92 Å². The summed E-state index contributed by atoms with van der Waals surface area (Å²) in [6.07, 6.45) is 7.32. The molecule has 104 valence electrons. The summed E-state index contributed by atoms with van der Waals surface area (Å²) in [6, 6.07) is 0.757. The highest BCUT2D eigenvalue weighted by Crippen LogP contribution is 2.26. The average molecular weight is 290 g/mol. The second-order valence-corrected chi connectivity index (χ2v) is 6.56. The van der Waals surface area contributed by atoms with E-state index in [9.17, 15) is 0 Å². The Morgan fingerprint density at radius 1 is 1.50 bits per heavy atom. The third-order valence-corrected chi connectivity index (χ3v) is 4.23. The highest BCUT2D eigenvalue weighted by Gasteiger charge is 2.23. The van der Waals surface area contributed by atoms with Crippen molar-refractivity contribution in [3.8, 4) is 0 Å². The molecule has 1 aliphatic rings.